The fourth-order valence-corrected chi connectivity index (χ4v) is 2.66. The normalized spacial score (nSPS) is 12.1. The summed E-state index contributed by atoms with van der Waals surface area (Å²) in [7, 11) is 0. The summed E-state index contributed by atoms with van der Waals surface area (Å²) in [6.45, 7) is 7.60. The highest BCUT2D eigenvalue weighted by atomic mass is 16.5. The minimum absolute atomic E-state index is 0.0111. The maximum atomic E-state index is 12.4. The first kappa shape index (κ1) is 21.2. The van der Waals surface area contributed by atoms with Gasteiger partial charge in [0, 0.05) is 18.9 Å². The number of ether oxygens (including phenoxy) is 1. The summed E-state index contributed by atoms with van der Waals surface area (Å²) >= 11 is 0. The van der Waals surface area contributed by atoms with Crippen molar-refractivity contribution in [3.05, 3.63) is 65.2 Å². The topological polar surface area (TPSA) is 92.7 Å². The Morgan fingerprint density at radius 3 is 2.04 bits per heavy atom. The first-order valence-corrected chi connectivity index (χ1v) is 8.98. The maximum absolute atomic E-state index is 12.4. The molecule has 0 bridgehead atoms. The van der Waals surface area contributed by atoms with Crippen LogP contribution in [0.25, 0.3) is 0 Å². The highest BCUT2D eigenvalue weighted by Crippen LogP contribution is 2.22. The molecule has 6 nitrogen and oxygen atoms in total. The summed E-state index contributed by atoms with van der Waals surface area (Å²) in [5, 5.41) is 12.0. The van der Waals surface area contributed by atoms with Crippen molar-refractivity contribution in [3.63, 3.8) is 0 Å². The predicted molar refractivity (Wildman–Crippen MR) is 105 cm³/mol. The van der Waals surface area contributed by atoms with E-state index in [1.165, 1.54) is 31.2 Å². The van der Waals surface area contributed by atoms with Crippen LogP contribution in [0.3, 0.4) is 0 Å². The Kier molecular flexibility index (Phi) is 6.57. The molecular weight excluding hydrogens is 358 g/mol. The van der Waals surface area contributed by atoms with Crippen LogP contribution in [0.4, 0.5) is 0 Å². The van der Waals surface area contributed by atoms with E-state index >= 15 is 0 Å². The molecule has 0 fully saturated rings. The van der Waals surface area contributed by atoms with E-state index in [-0.39, 0.29) is 17.4 Å². The van der Waals surface area contributed by atoms with Gasteiger partial charge in [0.2, 0.25) is 0 Å². The highest BCUT2D eigenvalue weighted by Gasteiger charge is 2.22. The number of aliphatic carboxylic acids is 1. The van der Waals surface area contributed by atoms with Gasteiger partial charge >= 0.3 is 11.9 Å². The Morgan fingerprint density at radius 2 is 1.57 bits per heavy atom. The summed E-state index contributed by atoms with van der Waals surface area (Å²) in [6, 6.07) is 12.6. The first-order valence-electron chi connectivity index (χ1n) is 8.98. The Bertz CT molecular complexity index is 848. The van der Waals surface area contributed by atoms with Crippen molar-refractivity contribution in [2.45, 2.75) is 45.6 Å². The third-order valence-electron chi connectivity index (χ3n) is 4.24. The second kappa shape index (κ2) is 8.69. The molecule has 2 N–H and O–H groups in total. The number of carbonyl (C=O) groups is 3. The van der Waals surface area contributed by atoms with Crippen molar-refractivity contribution in [2.24, 2.45) is 0 Å². The van der Waals surface area contributed by atoms with E-state index in [2.05, 4.69) is 26.1 Å². The molecule has 0 heterocycles. The van der Waals surface area contributed by atoms with Gasteiger partial charge in [-0.1, -0.05) is 45.0 Å². The molecule has 2 rings (SSSR count). The number of carboxylic acid groups (broad SMARTS) is 1. The van der Waals surface area contributed by atoms with E-state index < -0.39 is 23.9 Å². The fraction of sp³-hybridized carbons (Fsp3) is 0.318. The second-order valence-corrected chi connectivity index (χ2v) is 7.63. The lowest BCUT2D eigenvalue weighted by atomic mass is 9.86. The summed E-state index contributed by atoms with van der Waals surface area (Å²) in [5.41, 5.74) is 2.27. The van der Waals surface area contributed by atoms with Gasteiger partial charge in [-0.3, -0.25) is 9.59 Å². The molecule has 0 saturated heterocycles. The van der Waals surface area contributed by atoms with E-state index in [1.807, 2.05) is 24.3 Å². The maximum Gasteiger partial charge on any atom is 0.326 e. The molecule has 0 unspecified atom stereocenters. The van der Waals surface area contributed by atoms with Crippen LogP contribution >= 0.6 is 0 Å². The third-order valence-corrected chi connectivity index (χ3v) is 4.24. The average Bonchev–Trinajstić information content (AvgIpc) is 2.60. The molecule has 0 spiro atoms. The number of hydrogen-bond donors (Lipinski definition) is 2. The number of carboxylic acids is 1. The summed E-state index contributed by atoms with van der Waals surface area (Å²) < 4.78 is 4.92. The number of benzene rings is 2. The number of esters is 1. The van der Waals surface area contributed by atoms with Gasteiger partial charge in [0.15, 0.2) is 0 Å². The molecule has 0 aromatic heterocycles. The molecule has 0 aliphatic heterocycles. The lowest BCUT2D eigenvalue weighted by Crippen LogP contribution is -2.42. The summed E-state index contributed by atoms with van der Waals surface area (Å²) in [6.07, 6.45) is 0.178. The third kappa shape index (κ3) is 5.94. The fourth-order valence-electron chi connectivity index (χ4n) is 2.66. The smallest absolute Gasteiger partial charge is 0.326 e. The zero-order chi connectivity index (χ0) is 20.9. The van der Waals surface area contributed by atoms with Gasteiger partial charge in [-0.15, -0.1) is 0 Å². The van der Waals surface area contributed by atoms with E-state index in [4.69, 9.17) is 4.74 Å². The Hall–Kier alpha value is -3.15. The van der Waals surface area contributed by atoms with Crippen LogP contribution in [-0.2, 0) is 21.4 Å². The standard InChI is InChI=1S/C22H25NO5/c1-14(24)28-18-11-7-16(8-12-18)20(25)23-19(21(26)27)13-15-5-9-17(10-6-15)22(2,3)4/h5-12,19H,13H2,1-4H3,(H,23,25)(H,26,27)/t19-/m0/s1. The van der Waals surface area contributed by atoms with Crippen LogP contribution < -0.4 is 10.1 Å². The van der Waals surface area contributed by atoms with Crippen molar-refractivity contribution in [3.8, 4) is 5.75 Å². The molecule has 0 aliphatic carbocycles. The van der Waals surface area contributed by atoms with Crippen molar-refractivity contribution < 1.29 is 24.2 Å². The molecule has 1 amide bonds. The molecule has 148 valence electrons. The van der Waals surface area contributed by atoms with Crippen LogP contribution in [0.15, 0.2) is 48.5 Å². The van der Waals surface area contributed by atoms with Gasteiger partial charge < -0.3 is 15.2 Å². The average molecular weight is 383 g/mol. The molecular formula is C22H25NO5. The zero-order valence-corrected chi connectivity index (χ0v) is 16.5. The summed E-state index contributed by atoms with van der Waals surface area (Å²) in [4.78, 5) is 34.9. The van der Waals surface area contributed by atoms with Crippen LogP contribution in [0.1, 0.15) is 49.2 Å². The quantitative estimate of drug-likeness (QED) is 0.590. The molecule has 2 aromatic rings. The van der Waals surface area contributed by atoms with Crippen molar-refractivity contribution in [1.82, 2.24) is 5.32 Å². The SMILES string of the molecule is CC(=O)Oc1ccc(C(=O)N[C@@H](Cc2ccc(C(C)(C)C)cc2)C(=O)O)cc1. The molecule has 28 heavy (non-hydrogen) atoms. The molecule has 0 radical (unpaired) electrons. The first-order chi connectivity index (χ1) is 13.1. The summed E-state index contributed by atoms with van der Waals surface area (Å²) in [5.74, 6) is -1.75. The van der Waals surface area contributed by atoms with Gasteiger partial charge in [0.25, 0.3) is 5.91 Å². The van der Waals surface area contributed by atoms with E-state index in [0.717, 1.165) is 11.1 Å². The Morgan fingerprint density at radius 1 is 1.00 bits per heavy atom. The largest absolute Gasteiger partial charge is 0.480 e. The van der Waals surface area contributed by atoms with Crippen LogP contribution in [-0.4, -0.2) is 29.0 Å². The Labute approximate surface area is 164 Å². The molecule has 0 saturated carbocycles. The lowest BCUT2D eigenvalue weighted by Gasteiger charge is -2.20. The van der Waals surface area contributed by atoms with Crippen LogP contribution in [0, 0.1) is 0 Å². The van der Waals surface area contributed by atoms with E-state index in [0.29, 0.717) is 5.75 Å². The molecule has 6 heteroatoms. The van der Waals surface area contributed by atoms with Gasteiger partial charge in [-0.05, 0) is 40.8 Å². The number of rotatable bonds is 6. The minimum Gasteiger partial charge on any atom is -0.480 e. The molecule has 1 atom stereocenters. The monoisotopic (exact) mass is 383 g/mol. The number of hydrogen-bond acceptors (Lipinski definition) is 4. The van der Waals surface area contributed by atoms with Crippen molar-refractivity contribution in [1.29, 1.82) is 0 Å². The number of carbonyl (C=O) groups excluding carboxylic acids is 2. The second-order valence-electron chi connectivity index (χ2n) is 7.63. The predicted octanol–water partition coefficient (Wildman–Crippen LogP) is 3.34. The van der Waals surface area contributed by atoms with Crippen molar-refractivity contribution in [2.75, 3.05) is 0 Å². The van der Waals surface area contributed by atoms with Crippen LogP contribution in [0.2, 0.25) is 0 Å². The number of nitrogens with one attached hydrogen (secondary N) is 1. The lowest BCUT2D eigenvalue weighted by molar-refractivity contribution is -0.139. The molecule has 0 aliphatic rings. The van der Waals surface area contributed by atoms with Crippen LogP contribution in [0.5, 0.6) is 5.75 Å². The zero-order valence-electron chi connectivity index (χ0n) is 16.5. The van der Waals surface area contributed by atoms with Gasteiger partial charge in [-0.25, -0.2) is 4.79 Å². The van der Waals surface area contributed by atoms with E-state index in [1.54, 1.807) is 0 Å². The van der Waals surface area contributed by atoms with Gasteiger partial charge in [0.05, 0.1) is 0 Å². The highest BCUT2D eigenvalue weighted by molar-refractivity contribution is 5.96. The van der Waals surface area contributed by atoms with E-state index in [9.17, 15) is 19.5 Å². The Balaban J connectivity index is 2.07. The van der Waals surface area contributed by atoms with Crippen molar-refractivity contribution >= 4 is 17.8 Å². The van der Waals surface area contributed by atoms with Gasteiger partial charge in [-0.2, -0.15) is 0 Å². The minimum atomic E-state index is -1.11. The number of amides is 1. The molecule has 2 aromatic carbocycles. The van der Waals surface area contributed by atoms with Gasteiger partial charge in [0.1, 0.15) is 11.8 Å².